The standard InChI is InChI=1S/C13H21NO2/c1-9-7-6-8-12(10(9)2)14-11(3)13(15-4)16-5/h6-8,11,13-14H,1-5H3. The highest BCUT2D eigenvalue weighted by Gasteiger charge is 2.16. The van der Waals surface area contributed by atoms with Crippen molar-refractivity contribution in [3.8, 4) is 0 Å². The van der Waals surface area contributed by atoms with Gasteiger partial charge in [0.15, 0.2) is 6.29 Å². The Morgan fingerprint density at radius 2 is 1.75 bits per heavy atom. The van der Waals surface area contributed by atoms with E-state index in [4.69, 9.17) is 9.47 Å². The average molecular weight is 223 g/mol. The van der Waals surface area contributed by atoms with E-state index < -0.39 is 0 Å². The van der Waals surface area contributed by atoms with E-state index in [1.807, 2.05) is 13.0 Å². The maximum Gasteiger partial charge on any atom is 0.176 e. The lowest BCUT2D eigenvalue weighted by atomic mass is 10.1. The van der Waals surface area contributed by atoms with E-state index >= 15 is 0 Å². The summed E-state index contributed by atoms with van der Waals surface area (Å²) in [7, 11) is 3.30. The Kier molecular flexibility index (Phi) is 4.77. The number of benzene rings is 1. The average Bonchev–Trinajstić information content (AvgIpc) is 2.26. The number of methoxy groups -OCH3 is 2. The lowest BCUT2D eigenvalue weighted by molar-refractivity contribution is -0.109. The number of nitrogens with one attached hydrogen (secondary N) is 1. The molecule has 1 aromatic rings. The normalized spacial score (nSPS) is 12.9. The monoisotopic (exact) mass is 223 g/mol. The maximum absolute atomic E-state index is 5.22. The molecule has 0 saturated carbocycles. The van der Waals surface area contributed by atoms with Crippen molar-refractivity contribution in [1.82, 2.24) is 0 Å². The summed E-state index contributed by atoms with van der Waals surface area (Å²) < 4.78 is 10.4. The smallest absolute Gasteiger partial charge is 0.176 e. The second-order valence-electron chi connectivity index (χ2n) is 4.02. The summed E-state index contributed by atoms with van der Waals surface area (Å²) in [4.78, 5) is 0. The van der Waals surface area contributed by atoms with Gasteiger partial charge in [-0.1, -0.05) is 12.1 Å². The van der Waals surface area contributed by atoms with Crippen LogP contribution in [0.15, 0.2) is 18.2 Å². The molecule has 0 fully saturated rings. The minimum atomic E-state index is -0.236. The maximum atomic E-state index is 5.22. The van der Waals surface area contributed by atoms with Crippen molar-refractivity contribution in [3.05, 3.63) is 29.3 Å². The third-order valence-electron chi connectivity index (χ3n) is 2.86. The molecule has 0 aromatic heterocycles. The van der Waals surface area contributed by atoms with Crippen LogP contribution in [0.3, 0.4) is 0 Å². The number of aryl methyl sites for hydroxylation is 1. The fourth-order valence-electron chi connectivity index (χ4n) is 1.73. The minimum absolute atomic E-state index is 0.107. The predicted molar refractivity (Wildman–Crippen MR) is 66.8 cm³/mol. The van der Waals surface area contributed by atoms with Gasteiger partial charge in [0.05, 0.1) is 6.04 Å². The number of anilines is 1. The highest BCUT2D eigenvalue weighted by atomic mass is 16.7. The summed E-state index contributed by atoms with van der Waals surface area (Å²) in [6.07, 6.45) is -0.236. The summed E-state index contributed by atoms with van der Waals surface area (Å²) in [5.74, 6) is 0. The molecule has 0 saturated heterocycles. The van der Waals surface area contributed by atoms with Crippen LogP contribution in [0.2, 0.25) is 0 Å². The highest BCUT2D eigenvalue weighted by molar-refractivity contribution is 5.54. The van der Waals surface area contributed by atoms with Gasteiger partial charge in [0.1, 0.15) is 0 Å². The van der Waals surface area contributed by atoms with Crippen molar-refractivity contribution in [2.24, 2.45) is 0 Å². The van der Waals surface area contributed by atoms with Crippen LogP contribution in [0.4, 0.5) is 5.69 Å². The van der Waals surface area contributed by atoms with Crippen molar-refractivity contribution in [2.75, 3.05) is 19.5 Å². The fourth-order valence-corrected chi connectivity index (χ4v) is 1.73. The first-order chi connectivity index (χ1) is 7.60. The van der Waals surface area contributed by atoms with E-state index in [-0.39, 0.29) is 12.3 Å². The Bertz CT molecular complexity index is 335. The minimum Gasteiger partial charge on any atom is -0.377 e. The van der Waals surface area contributed by atoms with E-state index in [1.54, 1.807) is 14.2 Å². The summed E-state index contributed by atoms with van der Waals surface area (Å²) in [6.45, 7) is 6.26. The van der Waals surface area contributed by atoms with Crippen molar-refractivity contribution in [2.45, 2.75) is 33.1 Å². The Balaban J connectivity index is 2.76. The Morgan fingerprint density at radius 3 is 2.31 bits per heavy atom. The SMILES string of the molecule is COC(OC)C(C)Nc1cccc(C)c1C. The van der Waals surface area contributed by atoms with Crippen LogP contribution >= 0.6 is 0 Å². The second kappa shape index (κ2) is 5.87. The number of ether oxygens (including phenoxy) is 2. The summed E-state index contributed by atoms with van der Waals surface area (Å²) in [5.41, 5.74) is 3.68. The largest absolute Gasteiger partial charge is 0.377 e. The first kappa shape index (κ1) is 13.0. The predicted octanol–water partition coefficient (Wildman–Crippen LogP) is 2.72. The molecular formula is C13H21NO2. The highest BCUT2D eigenvalue weighted by Crippen LogP contribution is 2.19. The van der Waals surface area contributed by atoms with Crippen molar-refractivity contribution in [1.29, 1.82) is 0 Å². The lowest BCUT2D eigenvalue weighted by Gasteiger charge is -2.24. The van der Waals surface area contributed by atoms with Crippen LogP contribution in [0.5, 0.6) is 0 Å². The zero-order valence-electron chi connectivity index (χ0n) is 10.7. The van der Waals surface area contributed by atoms with Gasteiger partial charge in [0, 0.05) is 19.9 Å². The molecule has 16 heavy (non-hydrogen) atoms. The molecule has 90 valence electrons. The number of hydrogen-bond acceptors (Lipinski definition) is 3. The Hall–Kier alpha value is -1.06. The molecule has 0 aliphatic carbocycles. The molecular weight excluding hydrogens is 202 g/mol. The molecule has 0 amide bonds. The van der Waals surface area contributed by atoms with Gasteiger partial charge in [0.25, 0.3) is 0 Å². The van der Waals surface area contributed by atoms with Gasteiger partial charge in [-0.25, -0.2) is 0 Å². The number of rotatable bonds is 5. The third-order valence-corrected chi connectivity index (χ3v) is 2.86. The molecule has 1 atom stereocenters. The van der Waals surface area contributed by atoms with Crippen molar-refractivity contribution < 1.29 is 9.47 Å². The molecule has 0 heterocycles. The Labute approximate surface area is 97.8 Å². The molecule has 1 N–H and O–H groups in total. The van der Waals surface area contributed by atoms with E-state index in [9.17, 15) is 0 Å². The number of hydrogen-bond donors (Lipinski definition) is 1. The summed E-state index contributed by atoms with van der Waals surface area (Å²) in [5, 5.41) is 3.40. The van der Waals surface area contributed by atoms with Crippen LogP contribution in [0.1, 0.15) is 18.1 Å². The first-order valence-corrected chi connectivity index (χ1v) is 5.48. The lowest BCUT2D eigenvalue weighted by Crippen LogP contribution is -2.34. The van der Waals surface area contributed by atoms with Gasteiger partial charge in [-0.05, 0) is 38.0 Å². The second-order valence-corrected chi connectivity index (χ2v) is 4.02. The molecule has 0 aliphatic rings. The third kappa shape index (κ3) is 2.97. The van der Waals surface area contributed by atoms with Crippen LogP contribution in [-0.4, -0.2) is 26.6 Å². The molecule has 0 spiro atoms. The van der Waals surface area contributed by atoms with E-state index in [0.717, 1.165) is 5.69 Å². The molecule has 1 aromatic carbocycles. The molecule has 3 heteroatoms. The molecule has 1 unspecified atom stereocenters. The molecule has 0 bridgehead atoms. The zero-order chi connectivity index (χ0) is 12.1. The van der Waals surface area contributed by atoms with Crippen LogP contribution in [0, 0.1) is 13.8 Å². The van der Waals surface area contributed by atoms with Crippen molar-refractivity contribution in [3.63, 3.8) is 0 Å². The van der Waals surface area contributed by atoms with Gasteiger partial charge >= 0.3 is 0 Å². The zero-order valence-corrected chi connectivity index (χ0v) is 10.7. The fraction of sp³-hybridized carbons (Fsp3) is 0.538. The molecule has 0 radical (unpaired) electrons. The molecule has 0 aliphatic heterocycles. The van der Waals surface area contributed by atoms with Gasteiger partial charge in [-0.3, -0.25) is 0 Å². The van der Waals surface area contributed by atoms with Gasteiger partial charge < -0.3 is 14.8 Å². The van der Waals surface area contributed by atoms with Crippen LogP contribution < -0.4 is 5.32 Å². The quantitative estimate of drug-likeness (QED) is 0.779. The van der Waals surface area contributed by atoms with E-state index in [1.165, 1.54) is 11.1 Å². The summed E-state index contributed by atoms with van der Waals surface area (Å²) >= 11 is 0. The molecule has 3 nitrogen and oxygen atoms in total. The van der Waals surface area contributed by atoms with Gasteiger partial charge in [0.2, 0.25) is 0 Å². The Morgan fingerprint density at radius 1 is 1.12 bits per heavy atom. The van der Waals surface area contributed by atoms with E-state index in [2.05, 4.69) is 31.3 Å². The van der Waals surface area contributed by atoms with Gasteiger partial charge in [-0.15, -0.1) is 0 Å². The van der Waals surface area contributed by atoms with Crippen LogP contribution in [-0.2, 0) is 9.47 Å². The topological polar surface area (TPSA) is 30.5 Å². The van der Waals surface area contributed by atoms with Crippen LogP contribution in [0.25, 0.3) is 0 Å². The van der Waals surface area contributed by atoms with Crippen molar-refractivity contribution >= 4 is 5.69 Å². The summed E-state index contributed by atoms with van der Waals surface area (Å²) in [6, 6.07) is 6.33. The van der Waals surface area contributed by atoms with Gasteiger partial charge in [-0.2, -0.15) is 0 Å². The first-order valence-electron chi connectivity index (χ1n) is 5.48. The molecule has 1 rings (SSSR count). The van der Waals surface area contributed by atoms with E-state index in [0.29, 0.717) is 0 Å².